The monoisotopic (exact) mass is 237 g/mol. The van der Waals surface area contributed by atoms with E-state index in [-0.39, 0.29) is 11.9 Å². The van der Waals surface area contributed by atoms with Crippen molar-refractivity contribution in [1.82, 2.24) is 9.88 Å². The number of hydrogen-bond acceptors (Lipinski definition) is 2. The maximum absolute atomic E-state index is 12.1. The Morgan fingerprint density at radius 3 is 2.65 bits per heavy atom. The Morgan fingerprint density at radius 1 is 1.47 bits per heavy atom. The molecule has 0 aliphatic carbocycles. The van der Waals surface area contributed by atoms with Crippen molar-refractivity contribution in [1.29, 1.82) is 0 Å². The molecule has 0 aromatic carbocycles. The number of nitrogens with zero attached hydrogens (tertiary/aromatic N) is 1. The number of nitrogen functional groups attached to an aromatic ring is 1. The van der Waals surface area contributed by atoms with Crippen molar-refractivity contribution >= 4 is 11.6 Å². The first-order valence-electron chi connectivity index (χ1n) is 6.26. The lowest BCUT2D eigenvalue weighted by Crippen LogP contribution is -2.37. The van der Waals surface area contributed by atoms with Gasteiger partial charge < -0.3 is 15.6 Å². The molecule has 1 aromatic heterocycles. The number of anilines is 1. The van der Waals surface area contributed by atoms with E-state index in [0.717, 1.165) is 13.0 Å². The smallest absolute Gasteiger partial charge is 0.268 e. The molecule has 0 radical (unpaired) electrons. The van der Waals surface area contributed by atoms with Gasteiger partial charge in [-0.1, -0.05) is 20.3 Å². The lowest BCUT2D eigenvalue weighted by molar-refractivity contribution is 0.0919. The fourth-order valence-corrected chi connectivity index (χ4v) is 1.76. The van der Waals surface area contributed by atoms with Gasteiger partial charge in [-0.2, -0.15) is 0 Å². The van der Waals surface area contributed by atoms with Crippen molar-refractivity contribution < 1.29 is 4.79 Å². The van der Waals surface area contributed by atoms with Crippen LogP contribution < -0.4 is 11.1 Å². The number of aromatic nitrogens is 1. The zero-order chi connectivity index (χ0) is 13.0. The van der Waals surface area contributed by atoms with Gasteiger partial charge in [0.2, 0.25) is 0 Å². The number of rotatable bonds is 5. The maximum Gasteiger partial charge on any atom is 0.268 e. The van der Waals surface area contributed by atoms with Crippen LogP contribution in [0, 0.1) is 5.92 Å². The number of nitrogens with two attached hydrogens (primary N) is 1. The highest BCUT2D eigenvalue weighted by Gasteiger charge is 2.17. The minimum absolute atomic E-state index is 0.0450. The molecule has 1 heterocycles. The highest BCUT2D eigenvalue weighted by atomic mass is 16.2. The van der Waals surface area contributed by atoms with Crippen molar-refractivity contribution in [2.75, 3.05) is 5.73 Å². The van der Waals surface area contributed by atoms with Gasteiger partial charge in [0, 0.05) is 18.8 Å². The Bertz CT molecular complexity index is 384. The molecular weight excluding hydrogens is 214 g/mol. The summed E-state index contributed by atoms with van der Waals surface area (Å²) in [6, 6.07) is 1.90. The summed E-state index contributed by atoms with van der Waals surface area (Å²) < 4.78 is 1.87. The Kier molecular flexibility index (Phi) is 4.61. The highest BCUT2D eigenvalue weighted by molar-refractivity contribution is 5.94. The average molecular weight is 237 g/mol. The van der Waals surface area contributed by atoms with Crippen molar-refractivity contribution in [3.8, 4) is 0 Å². The third-order valence-corrected chi connectivity index (χ3v) is 3.35. The summed E-state index contributed by atoms with van der Waals surface area (Å²) in [5.74, 6) is 0.428. The summed E-state index contributed by atoms with van der Waals surface area (Å²) in [6.45, 7) is 9.04. The van der Waals surface area contributed by atoms with Gasteiger partial charge in [-0.3, -0.25) is 4.79 Å². The lowest BCUT2D eigenvalue weighted by Gasteiger charge is -2.20. The van der Waals surface area contributed by atoms with E-state index >= 15 is 0 Å². The van der Waals surface area contributed by atoms with Crippen LogP contribution in [0.5, 0.6) is 0 Å². The molecule has 0 spiro atoms. The third-order valence-electron chi connectivity index (χ3n) is 3.35. The maximum atomic E-state index is 12.1. The lowest BCUT2D eigenvalue weighted by atomic mass is 10.0. The first-order chi connectivity index (χ1) is 7.99. The summed E-state index contributed by atoms with van der Waals surface area (Å²) >= 11 is 0. The molecule has 1 rings (SSSR count). The van der Waals surface area contributed by atoms with Crippen LogP contribution in [0.15, 0.2) is 12.3 Å². The quantitative estimate of drug-likeness (QED) is 0.825. The van der Waals surface area contributed by atoms with E-state index in [1.807, 2.05) is 18.4 Å². The predicted molar refractivity (Wildman–Crippen MR) is 70.9 cm³/mol. The zero-order valence-electron chi connectivity index (χ0n) is 11.2. The second-order valence-electron chi connectivity index (χ2n) is 4.59. The minimum atomic E-state index is -0.0450. The third kappa shape index (κ3) is 3.25. The largest absolute Gasteiger partial charge is 0.397 e. The van der Waals surface area contributed by atoms with Gasteiger partial charge in [0.25, 0.3) is 5.91 Å². The predicted octanol–water partition coefficient (Wildman–Crippen LogP) is 2.25. The van der Waals surface area contributed by atoms with Crippen molar-refractivity contribution in [2.45, 2.75) is 46.7 Å². The van der Waals surface area contributed by atoms with Crippen LogP contribution in [0.25, 0.3) is 0 Å². The van der Waals surface area contributed by atoms with E-state index in [9.17, 15) is 4.79 Å². The van der Waals surface area contributed by atoms with Gasteiger partial charge in [0.1, 0.15) is 5.69 Å². The first kappa shape index (κ1) is 13.6. The SMILES string of the molecule is CCC(C)C(C)NC(=O)c1cc(N)cn1CC. The van der Waals surface area contributed by atoms with E-state index in [4.69, 9.17) is 5.73 Å². The summed E-state index contributed by atoms with van der Waals surface area (Å²) in [6.07, 6.45) is 2.85. The first-order valence-corrected chi connectivity index (χ1v) is 6.26. The van der Waals surface area contributed by atoms with Crippen LogP contribution in [-0.4, -0.2) is 16.5 Å². The zero-order valence-corrected chi connectivity index (χ0v) is 11.2. The molecular formula is C13H23N3O. The number of carbonyl (C=O) groups excluding carboxylic acids is 1. The van der Waals surface area contributed by atoms with E-state index in [0.29, 0.717) is 17.3 Å². The fraction of sp³-hybridized carbons (Fsp3) is 0.615. The van der Waals surface area contributed by atoms with Gasteiger partial charge in [0.15, 0.2) is 0 Å². The van der Waals surface area contributed by atoms with E-state index in [1.165, 1.54) is 0 Å². The molecule has 17 heavy (non-hydrogen) atoms. The molecule has 3 N–H and O–H groups in total. The molecule has 4 heteroatoms. The fourth-order valence-electron chi connectivity index (χ4n) is 1.76. The van der Waals surface area contributed by atoms with Gasteiger partial charge in [-0.15, -0.1) is 0 Å². The number of carbonyl (C=O) groups is 1. The average Bonchev–Trinajstić information content (AvgIpc) is 2.69. The molecule has 96 valence electrons. The van der Waals surface area contributed by atoms with Crippen LogP contribution in [0.3, 0.4) is 0 Å². The van der Waals surface area contributed by atoms with E-state index in [2.05, 4.69) is 19.2 Å². The highest BCUT2D eigenvalue weighted by Crippen LogP contribution is 2.12. The van der Waals surface area contributed by atoms with Crippen LogP contribution in [0.4, 0.5) is 5.69 Å². The summed E-state index contributed by atoms with van der Waals surface area (Å²) in [7, 11) is 0. The molecule has 0 saturated carbocycles. The van der Waals surface area contributed by atoms with Crippen molar-refractivity contribution in [2.24, 2.45) is 5.92 Å². The molecule has 0 bridgehead atoms. The second-order valence-corrected chi connectivity index (χ2v) is 4.59. The minimum Gasteiger partial charge on any atom is -0.397 e. The Morgan fingerprint density at radius 2 is 2.12 bits per heavy atom. The van der Waals surface area contributed by atoms with Gasteiger partial charge in [0.05, 0.1) is 5.69 Å². The van der Waals surface area contributed by atoms with Crippen LogP contribution in [0.1, 0.15) is 44.6 Å². The molecule has 0 saturated heterocycles. The molecule has 1 amide bonds. The molecule has 2 unspecified atom stereocenters. The molecule has 4 nitrogen and oxygen atoms in total. The topological polar surface area (TPSA) is 60.1 Å². The van der Waals surface area contributed by atoms with E-state index in [1.54, 1.807) is 12.3 Å². The molecule has 0 aliphatic rings. The van der Waals surface area contributed by atoms with Crippen LogP contribution in [0.2, 0.25) is 0 Å². The van der Waals surface area contributed by atoms with Crippen molar-refractivity contribution in [3.05, 3.63) is 18.0 Å². The standard InChI is InChI=1S/C13H23N3O/c1-5-9(3)10(4)15-13(17)12-7-11(14)8-16(12)6-2/h7-10H,5-6,14H2,1-4H3,(H,15,17). The van der Waals surface area contributed by atoms with Crippen LogP contribution in [-0.2, 0) is 6.54 Å². The molecule has 0 aliphatic heterocycles. The number of nitrogens with one attached hydrogen (secondary N) is 1. The Balaban J connectivity index is 2.75. The number of aryl methyl sites for hydroxylation is 1. The number of amides is 1. The van der Waals surface area contributed by atoms with Crippen LogP contribution >= 0.6 is 0 Å². The van der Waals surface area contributed by atoms with Crippen molar-refractivity contribution in [3.63, 3.8) is 0 Å². The Labute approximate surface area is 103 Å². The molecule has 2 atom stereocenters. The normalized spacial score (nSPS) is 14.4. The Hall–Kier alpha value is -1.45. The van der Waals surface area contributed by atoms with Gasteiger partial charge >= 0.3 is 0 Å². The molecule has 0 fully saturated rings. The second kappa shape index (κ2) is 5.75. The summed E-state index contributed by atoms with van der Waals surface area (Å²) in [5.41, 5.74) is 6.98. The van der Waals surface area contributed by atoms with Gasteiger partial charge in [-0.25, -0.2) is 0 Å². The number of hydrogen-bond donors (Lipinski definition) is 2. The summed E-state index contributed by atoms with van der Waals surface area (Å²) in [4.78, 5) is 12.1. The molecule has 1 aromatic rings. The summed E-state index contributed by atoms with van der Waals surface area (Å²) in [5, 5.41) is 3.02. The van der Waals surface area contributed by atoms with E-state index < -0.39 is 0 Å². The van der Waals surface area contributed by atoms with Gasteiger partial charge in [-0.05, 0) is 25.8 Å².